The van der Waals surface area contributed by atoms with E-state index in [4.69, 9.17) is 0 Å². The van der Waals surface area contributed by atoms with Gasteiger partial charge in [0.1, 0.15) is 10.3 Å². The van der Waals surface area contributed by atoms with E-state index in [2.05, 4.69) is 67.4 Å². The largest absolute Gasteiger partial charge is 0.309 e. The van der Waals surface area contributed by atoms with Gasteiger partial charge in [-0.3, -0.25) is 4.79 Å². The van der Waals surface area contributed by atoms with Crippen molar-refractivity contribution in [2.24, 2.45) is 5.92 Å². The van der Waals surface area contributed by atoms with Gasteiger partial charge in [0, 0.05) is 11.3 Å². The topological polar surface area (TPSA) is 45.8 Å². The predicted octanol–water partition coefficient (Wildman–Crippen LogP) is 3.98. The Morgan fingerprint density at radius 3 is 2.28 bits per heavy atom. The fourth-order valence-corrected chi connectivity index (χ4v) is 2.81. The first-order valence-corrected chi connectivity index (χ1v) is 7.22. The van der Waals surface area contributed by atoms with Crippen LogP contribution in [0.25, 0.3) is 0 Å². The number of nitrogens with one attached hydrogen (secondary N) is 1. The van der Waals surface area contributed by atoms with Crippen molar-refractivity contribution in [1.29, 1.82) is 0 Å². The lowest BCUT2D eigenvalue weighted by atomic mass is 9.91. The van der Waals surface area contributed by atoms with Gasteiger partial charge in [-0.05, 0) is 28.3 Å². The van der Waals surface area contributed by atoms with Crippen LogP contribution in [0, 0.1) is 5.92 Å². The van der Waals surface area contributed by atoms with E-state index in [9.17, 15) is 4.79 Å². The van der Waals surface area contributed by atoms with Crippen molar-refractivity contribution >= 4 is 15.9 Å². The third-order valence-corrected chi connectivity index (χ3v) is 3.62. The predicted molar refractivity (Wildman–Crippen MR) is 79.1 cm³/mol. The van der Waals surface area contributed by atoms with Gasteiger partial charge in [0.2, 0.25) is 0 Å². The number of H-pyrrole nitrogens is 1. The number of hydrogen-bond acceptors (Lipinski definition) is 2. The number of aromatic amines is 1. The van der Waals surface area contributed by atoms with E-state index in [-0.39, 0.29) is 16.9 Å². The van der Waals surface area contributed by atoms with Crippen molar-refractivity contribution in [3.8, 4) is 0 Å². The lowest BCUT2D eigenvalue weighted by Gasteiger charge is -2.21. The Balaban J connectivity index is 3.25. The zero-order chi connectivity index (χ0) is 14.1. The Morgan fingerprint density at radius 2 is 1.83 bits per heavy atom. The first-order valence-electron chi connectivity index (χ1n) is 6.43. The molecule has 0 aliphatic rings. The Bertz CT molecular complexity index is 472. The Labute approximate surface area is 118 Å². The molecule has 0 aromatic carbocycles. The minimum atomic E-state index is -0.139. The first-order chi connectivity index (χ1) is 8.12. The summed E-state index contributed by atoms with van der Waals surface area (Å²) in [7, 11) is 0. The van der Waals surface area contributed by atoms with Crippen LogP contribution < -0.4 is 5.56 Å². The van der Waals surface area contributed by atoms with Crippen LogP contribution in [0.15, 0.2) is 9.27 Å². The molecule has 0 radical (unpaired) electrons. The van der Waals surface area contributed by atoms with Crippen LogP contribution in [-0.2, 0) is 5.41 Å². The SMILES string of the molecule is CC(C)CC(C)c1nc(C(C)(C)C)c(Br)c(=O)[nH]1. The highest BCUT2D eigenvalue weighted by Gasteiger charge is 2.23. The van der Waals surface area contributed by atoms with Gasteiger partial charge in [0.05, 0.1) is 5.69 Å². The third kappa shape index (κ3) is 3.67. The average molecular weight is 315 g/mol. The molecule has 1 aromatic heterocycles. The summed E-state index contributed by atoms with van der Waals surface area (Å²) in [5.41, 5.74) is 0.608. The quantitative estimate of drug-likeness (QED) is 0.917. The van der Waals surface area contributed by atoms with E-state index in [0.29, 0.717) is 10.4 Å². The fraction of sp³-hybridized carbons (Fsp3) is 0.714. The molecule has 102 valence electrons. The molecular formula is C14H23BrN2O. The molecule has 1 rings (SSSR count). The standard InChI is InChI=1S/C14H23BrN2O/c1-8(2)7-9(3)12-16-11(14(4,5)6)10(15)13(18)17-12/h8-9H,7H2,1-6H3,(H,16,17,18). The van der Waals surface area contributed by atoms with E-state index in [0.717, 1.165) is 17.9 Å². The Morgan fingerprint density at radius 1 is 1.28 bits per heavy atom. The van der Waals surface area contributed by atoms with E-state index >= 15 is 0 Å². The van der Waals surface area contributed by atoms with Gasteiger partial charge in [-0.1, -0.05) is 41.5 Å². The van der Waals surface area contributed by atoms with Crippen molar-refractivity contribution in [3.05, 3.63) is 26.3 Å². The molecular weight excluding hydrogens is 292 g/mol. The molecule has 0 spiro atoms. The van der Waals surface area contributed by atoms with Crippen LogP contribution in [0.3, 0.4) is 0 Å². The van der Waals surface area contributed by atoms with Crippen LogP contribution >= 0.6 is 15.9 Å². The van der Waals surface area contributed by atoms with Gasteiger partial charge in [-0.15, -0.1) is 0 Å². The van der Waals surface area contributed by atoms with E-state index < -0.39 is 0 Å². The van der Waals surface area contributed by atoms with Crippen molar-refractivity contribution in [2.75, 3.05) is 0 Å². The number of hydrogen-bond donors (Lipinski definition) is 1. The molecule has 18 heavy (non-hydrogen) atoms. The smallest absolute Gasteiger partial charge is 0.265 e. The molecule has 0 aliphatic heterocycles. The van der Waals surface area contributed by atoms with Gasteiger partial charge < -0.3 is 4.98 Å². The summed E-state index contributed by atoms with van der Waals surface area (Å²) in [5, 5.41) is 0. The average Bonchev–Trinajstić information content (AvgIpc) is 2.18. The molecule has 0 aliphatic carbocycles. The number of rotatable bonds is 3. The molecule has 1 atom stereocenters. The molecule has 3 nitrogen and oxygen atoms in total. The first kappa shape index (κ1) is 15.4. The zero-order valence-electron chi connectivity index (χ0n) is 12.1. The lowest BCUT2D eigenvalue weighted by molar-refractivity contribution is 0.494. The Kier molecular flexibility index (Phi) is 4.76. The highest BCUT2D eigenvalue weighted by Crippen LogP contribution is 2.27. The van der Waals surface area contributed by atoms with Gasteiger partial charge in [0.25, 0.3) is 5.56 Å². The zero-order valence-corrected chi connectivity index (χ0v) is 13.7. The maximum Gasteiger partial charge on any atom is 0.265 e. The van der Waals surface area contributed by atoms with Gasteiger partial charge in [-0.25, -0.2) is 4.98 Å². The summed E-state index contributed by atoms with van der Waals surface area (Å²) in [6.07, 6.45) is 1.02. The molecule has 1 N–H and O–H groups in total. The van der Waals surface area contributed by atoms with Gasteiger partial charge >= 0.3 is 0 Å². The second-order valence-electron chi connectivity index (χ2n) is 6.39. The highest BCUT2D eigenvalue weighted by atomic mass is 79.9. The molecule has 1 heterocycles. The van der Waals surface area contributed by atoms with Crippen LogP contribution in [0.1, 0.15) is 65.4 Å². The van der Waals surface area contributed by atoms with Crippen LogP contribution in [-0.4, -0.2) is 9.97 Å². The van der Waals surface area contributed by atoms with Crippen molar-refractivity contribution in [3.63, 3.8) is 0 Å². The molecule has 0 saturated heterocycles. The Hall–Kier alpha value is -0.640. The van der Waals surface area contributed by atoms with Crippen LogP contribution in [0.2, 0.25) is 0 Å². The molecule has 1 unspecified atom stereocenters. The summed E-state index contributed by atoms with van der Waals surface area (Å²) in [6, 6.07) is 0. The van der Waals surface area contributed by atoms with Gasteiger partial charge in [-0.2, -0.15) is 0 Å². The minimum Gasteiger partial charge on any atom is -0.309 e. The molecule has 4 heteroatoms. The lowest BCUT2D eigenvalue weighted by Crippen LogP contribution is -2.24. The molecule has 0 amide bonds. The fourth-order valence-electron chi connectivity index (χ4n) is 2.03. The normalized spacial score (nSPS) is 14.0. The number of aromatic nitrogens is 2. The molecule has 1 aromatic rings. The van der Waals surface area contributed by atoms with E-state index in [1.54, 1.807) is 0 Å². The maximum atomic E-state index is 12.0. The van der Waals surface area contributed by atoms with Crippen LogP contribution in [0.4, 0.5) is 0 Å². The molecule has 0 bridgehead atoms. The summed E-state index contributed by atoms with van der Waals surface area (Å²) in [6.45, 7) is 12.7. The van der Waals surface area contributed by atoms with Crippen LogP contribution in [0.5, 0.6) is 0 Å². The minimum absolute atomic E-state index is 0.0828. The second-order valence-corrected chi connectivity index (χ2v) is 7.19. The summed E-state index contributed by atoms with van der Waals surface area (Å²) in [4.78, 5) is 19.5. The second kappa shape index (κ2) is 5.55. The summed E-state index contributed by atoms with van der Waals surface area (Å²) < 4.78 is 0.551. The monoisotopic (exact) mass is 314 g/mol. The highest BCUT2D eigenvalue weighted by molar-refractivity contribution is 9.10. The van der Waals surface area contributed by atoms with Crippen molar-refractivity contribution in [2.45, 2.75) is 59.3 Å². The van der Waals surface area contributed by atoms with Crippen molar-refractivity contribution in [1.82, 2.24) is 9.97 Å². The van der Waals surface area contributed by atoms with E-state index in [1.165, 1.54) is 0 Å². The summed E-state index contributed by atoms with van der Waals surface area (Å²) in [5.74, 6) is 1.65. The van der Waals surface area contributed by atoms with E-state index in [1.807, 2.05) is 0 Å². The third-order valence-electron chi connectivity index (χ3n) is 2.88. The summed E-state index contributed by atoms with van der Waals surface area (Å²) >= 11 is 3.34. The number of halogens is 1. The van der Waals surface area contributed by atoms with Gasteiger partial charge in [0.15, 0.2) is 0 Å². The maximum absolute atomic E-state index is 12.0. The number of nitrogens with zero attached hydrogens (tertiary/aromatic N) is 1. The van der Waals surface area contributed by atoms with Crippen molar-refractivity contribution < 1.29 is 0 Å². The molecule has 0 saturated carbocycles. The molecule has 0 fully saturated rings.